The number of carbonyl (C=O) groups excluding carboxylic acids is 1. The molecule has 0 radical (unpaired) electrons. The fourth-order valence-electron chi connectivity index (χ4n) is 1.46. The molecule has 0 heterocycles. The molecule has 0 bridgehead atoms. The smallest absolute Gasteiger partial charge is 0.237 e. The summed E-state index contributed by atoms with van der Waals surface area (Å²) in [6.07, 6.45) is 1.74. The number of nitrogens with one attached hydrogen (secondary N) is 1. The highest BCUT2D eigenvalue weighted by molar-refractivity contribution is 7.90. The summed E-state index contributed by atoms with van der Waals surface area (Å²) < 4.78 is 22.0. The molecular formula is C10H22N2O3S. The van der Waals surface area contributed by atoms with Gasteiger partial charge in [0.2, 0.25) is 5.91 Å². The van der Waals surface area contributed by atoms with E-state index >= 15 is 0 Å². The van der Waals surface area contributed by atoms with Gasteiger partial charge in [0.25, 0.3) is 0 Å². The molecule has 5 nitrogen and oxygen atoms in total. The van der Waals surface area contributed by atoms with E-state index < -0.39 is 21.9 Å². The summed E-state index contributed by atoms with van der Waals surface area (Å²) >= 11 is 0. The molecule has 6 heteroatoms. The van der Waals surface area contributed by atoms with Gasteiger partial charge in [0.05, 0.1) is 11.8 Å². The molecule has 0 aliphatic carbocycles. The van der Waals surface area contributed by atoms with Gasteiger partial charge in [0.1, 0.15) is 9.84 Å². The van der Waals surface area contributed by atoms with Crippen LogP contribution in [0.3, 0.4) is 0 Å². The zero-order valence-electron chi connectivity index (χ0n) is 10.4. The number of rotatable bonds is 6. The van der Waals surface area contributed by atoms with Crippen LogP contribution in [0.15, 0.2) is 0 Å². The molecule has 0 saturated heterocycles. The highest BCUT2D eigenvalue weighted by Gasteiger charge is 2.18. The van der Waals surface area contributed by atoms with Crippen molar-refractivity contribution >= 4 is 15.7 Å². The average Bonchev–Trinajstić information content (AvgIpc) is 1.98. The number of hydrogen-bond acceptors (Lipinski definition) is 4. The summed E-state index contributed by atoms with van der Waals surface area (Å²) in [5, 5.41) is 2.60. The van der Waals surface area contributed by atoms with E-state index in [-0.39, 0.29) is 11.7 Å². The van der Waals surface area contributed by atoms with Gasteiger partial charge < -0.3 is 11.1 Å². The van der Waals surface area contributed by atoms with E-state index in [1.807, 2.05) is 13.8 Å². The van der Waals surface area contributed by atoms with Gasteiger partial charge in [0.15, 0.2) is 0 Å². The Hall–Kier alpha value is -0.620. The maximum absolute atomic E-state index is 11.5. The molecule has 0 spiro atoms. The summed E-state index contributed by atoms with van der Waals surface area (Å²) in [7, 11) is -3.07. The van der Waals surface area contributed by atoms with Gasteiger partial charge >= 0.3 is 0 Å². The quantitative estimate of drug-likeness (QED) is 0.689. The molecule has 0 aromatic heterocycles. The van der Waals surface area contributed by atoms with Crippen LogP contribution in [-0.4, -0.2) is 38.4 Å². The normalized spacial score (nSPS) is 15.9. The molecule has 0 aliphatic heterocycles. The zero-order chi connectivity index (χ0) is 12.9. The monoisotopic (exact) mass is 250 g/mol. The lowest BCUT2D eigenvalue weighted by Gasteiger charge is -2.18. The van der Waals surface area contributed by atoms with E-state index in [1.165, 1.54) is 0 Å². The fraction of sp³-hybridized carbons (Fsp3) is 0.900. The standard InChI is InChI=1S/C10H22N2O3S/c1-7(2)5-9(11)10(13)12-8(3)6-16(4,14)15/h7-9H,5-6,11H2,1-4H3,(H,12,13)/t8?,9-/m0/s1. The van der Waals surface area contributed by atoms with Gasteiger partial charge in [-0.1, -0.05) is 13.8 Å². The van der Waals surface area contributed by atoms with Crippen LogP contribution in [0, 0.1) is 5.92 Å². The third kappa shape index (κ3) is 7.64. The molecule has 2 atom stereocenters. The van der Waals surface area contributed by atoms with Crippen LogP contribution in [0.25, 0.3) is 0 Å². The minimum atomic E-state index is -3.07. The van der Waals surface area contributed by atoms with Crippen LogP contribution in [0.5, 0.6) is 0 Å². The second-order valence-corrected chi connectivity index (χ2v) is 6.92. The number of amides is 1. The first-order valence-corrected chi connectivity index (χ1v) is 7.41. The Morgan fingerprint density at radius 2 is 1.81 bits per heavy atom. The van der Waals surface area contributed by atoms with E-state index in [9.17, 15) is 13.2 Å². The SMILES string of the molecule is CC(C)C[C@H](N)C(=O)NC(C)CS(C)(=O)=O. The Bertz CT molecular complexity index is 325. The van der Waals surface area contributed by atoms with E-state index in [2.05, 4.69) is 5.32 Å². The Kier molecular flexibility index (Phi) is 5.96. The van der Waals surface area contributed by atoms with E-state index in [1.54, 1.807) is 6.92 Å². The average molecular weight is 250 g/mol. The summed E-state index contributed by atoms with van der Waals surface area (Å²) in [5.74, 6) is -0.0107. The van der Waals surface area contributed by atoms with Crippen molar-refractivity contribution in [3.8, 4) is 0 Å². The number of nitrogens with two attached hydrogens (primary N) is 1. The lowest BCUT2D eigenvalue weighted by atomic mass is 10.0. The number of sulfone groups is 1. The Labute approximate surface area is 97.7 Å². The molecule has 0 saturated carbocycles. The summed E-state index contributed by atoms with van der Waals surface area (Å²) in [6.45, 7) is 5.61. The predicted octanol–water partition coefficient (Wildman–Crippen LogP) is -0.0909. The molecular weight excluding hydrogens is 228 g/mol. The first-order valence-electron chi connectivity index (χ1n) is 5.35. The molecule has 0 rings (SSSR count). The topological polar surface area (TPSA) is 89.3 Å². The van der Waals surface area contributed by atoms with Crippen molar-refractivity contribution in [1.29, 1.82) is 0 Å². The lowest BCUT2D eigenvalue weighted by Crippen LogP contribution is -2.46. The van der Waals surface area contributed by atoms with Crippen LogP contribution >= 0.6 is 0 Å². The minimum Gasteiger partial charge on any atom is -0.351 e. The van der Waals surface area contributed by atoms with Crippen LogP contribution in [0.4, 0.5) is 0 Å². The van der Waals surface area contributed by atoms with E-state index in [4.69, 9.17) is 5.73 Å². The number of carbonyl (C=O) groups is 1. The highest BCUT2D eigenvalue weighted by atomic mass is 32.2. The molecule has 3 N–H and O–H groups in total. The third-order valence-corrected chi connectivity index (χ3v) is 3.11. The third-order valence-electron chi connectivity index (χ3n) is 2.00. The maximum atomic E-state index is 11.5. The Morgan fingerprint density at radius 3 is 2.19 bits per heavy atom. The minimum absolute atomic E-state index is 0.0624. The predicted molar refractivity (Wildman–Crippen MR) is 64.7 cm³/mol. The van der Waals surface area contributed by atoms with Gasteiger partial charge in [-0.25, -0.2) is 8.42 Å². The first-order chi connectivity index (χ1) is 7.11. The summed E-state index contributed by atoms with van der Waals surface area (Å²) in [6, 6.07) is -0.970. The Morgan fingerprint density at radius 1 is 1.31 bits per heavy atom. The summed E-state index contributed by atoms with van der Waals surface area (Å²) in [4.78, 5) is 11.5. The second-order valence-electron chi connectivity index (χ2n) is 4.74. The summed E-state index contributed by atoms with van der Waals surface area (Å²) in [5.41, 5.74) is 5.67. The van der Waals surface area contributed by atoms with Crippen molar-refractivity contribution in [3.63, 3.8) is 0 Å². The van der Waals surface area contributed by atoms with Crippen molar-refractivity contribution in [1.82, 2.24) is 5.32 Å². The van der Waals surface area contributed by atoms with Gasteiger partial charge in [-0.3, -0.25) is 4.79 Å². The second kappa shape index (κ2) is 6.20. The van der Waals surface area contributed by atoms with Crippen LogP contribution in [-0.2, 0) is 14.6 Å². The Balaban J connectivity index is 4.14. The molecule has 1 amide bonds. The van der Waals surface area contributed by atoms with Crippen LogP contribution in [0.2, 0.25) is 0 Å². The molecule has 96 valence electrons. The van der Waals surface area contributed by atoms with Crippen molar-refractivity contribution in [2.45, 2.75) is 39.3 Å². The van der Waals surface area contributed by atoms with Gasteiger partial charge in [0, 0.05) is 12.3 Å². The van der Waals surface area contributed by atoms with Crippen molar-refractivity contribution in [3.05, 3.63) is 0 Å². The van der Waals surface area contributed by atoms with Crippen LogP contribution in [0.1, 0.15) is 27.2 Å². The molecule has 0 fully saturated rings. The van der Waals surface area contributed by atoms with Gasteiger partial charge in [-0.05, 0) is 19.3 Å². The van der Waals surface area contributed by atoms with Crippen molar-refractivity contribution < 1.29 is 13.2 Å². The van der Waals surface area contributed by atoms with Crippen molar-refractivity contribution in [2.75, 3.05) is 12.0 Å². The first kappa shape index (κ1) is 15.4. The highest BCUT2D eigenvalue weighted by Crippen LogP contribution is 2.03. The molecule has 1 unspecified atom stereocenters. The maximum Gasteiger partial charge on any atom is 0.237 e. The van der Waals surface area contributed by atoms with E-state index in [0.717, 1.165) is 6.26 Å². The van der Waals surface area contributed by atoms with Gasteiger partial charge in [-0.15, -0.1) is 0 Å². The molecule has 16 heavy (non-hydrogen) atoms. The lowest BCUT2D eigenvalue weighted by molar-refractivity contribution is -0.123. The zero-order valence-corrected chi connectivity index (χ0v) is 11.2. The van der Waals surface area contributed by atoms with Crippen LogP contribution < -0.4 is 11.1 Å². The fourth-order valence-corrected chi connectivity index (χ4v) is 2.45. The van der Waals surface area contributed by atoms with Crippen molar-refractivity contribution in [2.24, 2.45) is 11.7 Å². The number of hydrogen-bond donors (Lipinski definition) is 2. The van der Waals surface area contributed by atoms with Gasteiger partial charge in [-0.2, -0.15) is 0 Å². The largest absolute Gasteiger partial charge is 0.351 e. The molecule has 0 aliphatic rings. The molecule has 0 aromatic carbocycles. The molecule has 0 aromatic rings. The van der Waals surface area contributed by atoms with E-state index in [0.29, 0.717) is 12.3 Å².